The summed E-state index contributed by atoms with van der Waals surface area (Å²) in [6.45, 7) is 10.1. The molecule has 1 saturated carbocycles. The van der Waals surface area contributed by atoms with Crippen molar-refractivity contribution >= 4 is 5.78 Å². The molecule has 0 aromatic carbocycles. The molecule has 0 amide bonds. The third kappa shape index (κ3) is 1.45. The van der Waals surface area contributed by atoms with Crippen molar-refractivity contribution in [1.82, 2.24) is 0 Å². The number of rotatable bonds is 1. The second-order valence-corrected chi connectivity index (χ2v) is 4.38. The van der Waals surface area contributed by atoms with Gasteiger partial charge in [-0.3, -0.25) is 4.79 Å². The molecule has 12 heavy (non-hydrogen) atoms. The quantitative estimate of drug-likeness (QED) is 0.547. The van der Waals surface area contributed by atoms with Crippen molar-refractivity contribution in [2.45, 2.75) is 40.0 Å². The van der Waals surface area contributed by atoms with Crippen LogP contribution in [0.1, 0.15) is 40.0 Å². The summed E-state index contributed by atoms with van der Waals surface area (Å²) in [4.78, 5) is 11.7. The van der Waals surface area contributed by atoms with E-state index in [0.29, 0.717) is 11.7 Å². The fourth-order valence-electron chi connectivity index (χ4n) is 1.77. The van der Waals surface area contributed by atoms with Crippen molar-refractivity contribution in [2.75, 3.05) is 0 Å². The SMILES string of the molecule is C=C(C)[C@]1(C)CC[C@H](C)CC1=O. The van der Waals surface area contributed by atoms with Gasteiger partial charge in [0, 0.05) is 11.8 Å². The third-order valence-corrected chi connectivity index (χ3v) is 3.23. The normalized spacial score (nSPS) is 36.6. The summed E-state index contributed by atoms with van der Waals surface area (Å²) in [5, 5.41) is 0. The van der Waals surface area contributed by atoms with E-state index in [2.05, 4.69) is 13.5 Å². The summed E-state index contributed by atoms with van der Waals surface area (Å²) in [5.41, 5.74) is 0.811. The molecule has 0 N–H and O–H groups in total. The first-order chi connectivity index (χ1) is 5.47. The maximum absolute atomic E-state index is 11.7. The van der Waals surface area contributed by atoms with Crippen LogP contribution in [0, 0.1) is 11.3 Å². The highest BCUT2D eigenvalue weighted by Crippen LogP contribution is 2.40. The molecular formula is C11H18O. The summed E-state index contributed by atoms with van der Waals surface area (Å²) >= 11 is 0. The summed E-state index contributed by atoms with van der Waals surface area (Å²) < 4.78 is 0. The maximum Gasteiger partial charge on any atom is 0.143 e. The van der Waals surface area contributed by atoms with Crippen LogP contribution < -0.4 is 0 Å². The van der Waals surface area contributed by atoms with Crippen molar-refractivity contribution in [3.05, 3.63) is 12.2 Å². The Balaban J connectivity index is 2.80. The minimum absolute atomic E-state index is 0.216. The van der Waals surface area contributed by atoms with Gasteiger partial charge in [0.2, 0.25) is 0 Å². The van der Waals surface area contributed by atoms with E-state index in [1.54, 1.807) is 0 Å². The Hall–Kier alpha value is -0.590. The average molecular weight is 166 g/mol. The zero-order valence-corrected chi connectivity index (χ0v) is 8.31. The van der Waals surface area contributed by atoms with Gasteiger partial charge in [-0.25, -0.2) is 0 Å². The van der Waals surface area contributed by atoms with Gasteiger partial charge in [0.05, 0.1) is 0 Å². The first-order valence-corrected chi connectivity index (χ1v) is 4.66. The van der Waals surface area contributed by atoms with Crippen LogP contribution in [-0.4, -0.2) is 5.78 Å². The standard InChI is InChI=1S/C11H18O/c1-8(2)11(4)6-5-9(3)7-10(11)12/h9H,1,5-7H2,2-4H3/t9-,11-/m0/s1. The van der Waals surface area contributed by atoms with Gasteiger partial charge >= 0.3 is 0 Å². The molecule has 1 heteroatoms. The van der Waals surface area contributed by atoms with E-state index >= 15 is 0 Å². The Kier molecular flexibility index (Phi) is 2.41. The Bertz CT molecular complexity index is 217. The van der Waals surface area contributed by atoms with Crippen LogP contribution >= 0.6 is 0 Å². The largest absolute Gasteiger partial charge is 0.299 e. The lowest BCUT2D eigenvalue weighted by Gasteiger charge is -2.35. The number of hydrogen-bond donors (Lipinski definition) is 0. The molecular weight excluding hydrogens is 148 g/mol. The lowest BCUT2D eigenvalue weighted by molar-refractivity contribution is -0.129. The van der Waals surface area contributed by atoms with Crippen LogP contribution in [0.5, 0.6) is 0 Å². The van der Waals surface area contributed by atoms with Crippen molar-refractivity contribution in [3.8, 4) is 0 Å². The Morgan fingerprint density at radius 1 is 1.67 bits per heavy atom. The molecule has 1 rings (SSSR count). The molecule has 0 spiro atoms. The van der Waals surface area contributed by atoms with E-state index in [9.17, 15) is 4.79 Å². The van der Waals surface area contributed by atoms with Crippen molar-refractivity contribution in [2.24, 2.45) is 11.3 Å². The molecule has 0 unspecified atom stereocenters. The molecule has 0 saturated heterocycles. The van der Waals surface area contributed by atoms with E-state index < -0.39 is 0 Å². The number of ketones is 1. The molecule has 0 bridgehead atoms. The Labute approximate surface area is 74.9 Å². The molecule has 2 atom stereocenters. The highest BCUT2D eigenvalue weighted by Gasteiger charge is 2.37. The van der Waals surface area contributed by atoms with Crippen LogP contribution in [0.25, 0.3) is 0 Å². The third-order valence-electron chi connectivity index (χ3n) is 3.23. The van der Waals surface area contributed by atoms with Gasteiger partial charge in [-0.05, 0) is 32.6 Å². The van der Waals surface area contributed by atoms with Crippen LogP contribution in [0.3, 0.4) is 0 Å². The van der Waals surface area contributed by atoms with Crippen LogP contribution in [0.15, 0.2) is 12.2 Å². The van der Waals surface area contributed by atoms with Crippen molar-refractivity contribution in [1.29, 1.82) is 0 Å². The van der Waals surface area contributed by atoms with Gasteiger partial charge in [0.1, 0.15) is 5.78 Å². The van der Waals surface area contributed by atoms with Gasteiger partial charge in [-0.15, -0.1) is 0 Å². The lowest BCUT2D eigenvalue weighted by atomic mass is 9.68. The summed E-state index contributed by atoms with van der Waals surface area (Å²) in [6.07, 6.45) is 2.89. The van der Waals surface area contributed by atoms with Crippen LogP contribution in [-0.2, 0) is 4.79 Å². The molecule has 0 radical (unpaired) electrons. The molecule has 0 aromatic rings. The molecule has 0 aromatic heterocycles. The Morgan fingerprint density at radius 3 is 2.67 bits per heavy atom. The fraction of sp³-hybridized carbons (Fsp3) is 0.727. The first kappa shape index (κ1) is 9.50. The monoisotopic (exact) mass is 166 g/mol. The average Bonchev–Trinajstić information content (AvgIpc) is 1.97. The van der Waals surface area contributed by atoms with Gasteiger partial charge in [-0.2, -0.15) is 0 Å². The molecule has 0 heterocycles. The van der Waals surface area contributed by atoms with Crippen LogP contribution in [0.2, 0.25) is 0 Å². The molecule has 1 fully saturated rings. The number of hydrogen-bond acceptors (Lipinski definition) is 1. The topological polar surface area (TPSA) is 17.1 Å². The highest BCUT2D eigenvalue weighted by atomic mass is 16.1. The minimum atomic E-state index is -0.216. The molecule has 0 aliphatic heterocycles. The smallest absolute Gasteiger partial charge is 0.143 e. The fourth-order valence-corrected chi connectivity index (χ4v) is 1.77. The molecule has 68 valence electrons. The lowest BCUT2D eigenvalue weighted by Crippen LogP contribution is -2.34. The Morgan fingerprint density at radius 2 is 2.25 bits per heavy atom. The van der Waals surface area contributed by atoms with Gasteiger partial charge in [0.25, 0.3) is 0 Å². The maximum atomic E-state index is 11.7. The summed E-state index contributed by atoms with van der Waals surface area (Å²) in [7, 11) is 0. The number of Topliss-reactive ketones (excluding diaryl/α,β-unsaturated/α-hetero) is 1. The predicted molar refractivity (Wildman–Crippen MR) is 50.9 cm³/mol. The van der Waals surface area contributed by atoms with Crippen LogP contribution in [0.4, 0.5) is 0 Å². The second kappa shape index (κ2) is 3.04. The zero-order chi connectivity index (χ0) is 9.35. The summed E-state index contributed by atoms with van der Waals surface area (Å²) in [5.74, 6) is 0.957. The minimum Gasteiger partial charge on any atom is -0.299 e. The van der Waals surface area contributed by atoms with Crippen molar-refractivity contribution in [3.63, 3.8) is 0 Å². The second-order valence-electron chi connectivity index (χ2n) is 4.38. The number of carbonyl (C=O) groups excluding carboxylic acids is 1. The van der Waals surface area contributed by atoms with Crippen molar-refractivity contribution < 1.29 is 4.79 Å². The van der Waals surface area contributed by atoms with E-state index in [1.165, 1.54) is 0 Å². The van der Waals surface area contributed by atoms with E-state index in [0.717, 1.165) is 24.8 Å². The van der Waals surface area contributed by atoms with Gasteiger partial charge < -0.3 is 0 Å². The van der Waals surface area contributed by atoms with E-state index in [-0.39, 0.29) is 5.41 Å². The van der Waals surface area contributed by atoms with E-state index in [1.807, 2.05) is 13.8 Å². The highest BCUT2D eigenvalue weighted by molar-refractivity contribution is 5.88. The molecule has 1 aliphatic rings. The number of allylic oxidation sites excluding steroid dienone is 1. The van der Waals surface area contributed by atoms with Gasteiger partial charge in [0.15, 0.2) is 0 Å². The first-order valence-electron chi connectivity index (χ1n) is 4.66. The number of carbonyl (C=O) groups is 1. The summed E-state index contributed by atoms with van der Waals surface area (Å²) in [6, 6.07) is 0. The predicted octanol–water partition coefficient (Wildman–Crippen LogP) is 2.96. The molecule has 1 aliphatic carbocycles. The van der Waals surface area contributed by atoms with E-state index in [4.69, 9.17) is 0 Å². The zero-order valence-electron chi connectivity index (χ0n) is 8.31. The molecule has 1 nitrogen and oxygen atoms in total. The van der Waals surface area contributed by atoms with Gasteiger partial charge in [-0.1, -0.05) is 19.1 Å².